The van der Waals surface area contributed by atoms with E-state index in [4.69, 9.17) is 5.73 Å². The molecule has 76 valence electrons. The first-order valence-electron chi connectivity index (χ1n) is 5.31. The normalized spacial score (nSPS) is 16.7. The summed E-state index contributed by atoms with van der Waals surface area (Å²) < 4.78 is 0. The Kier molecular flexibility index (Phi) is 2.46. The lowest BCUT2D eigenvalue weighted by molar-refractivity contribution is 0.268. The van der Waals surface area contributed by atoms with Crippen LogP contribution in [0.5, 0.6) is 0 Å². The van der Waals surface area contributed by atoms with Gasteiger partial charge in [-0.1, -0.05) is 6.92 Å². The van der Waals surface area contributed by atoms with Crippen LogP contribution in [-0.4, -0.2) is 18.0 Å². The molecule has 0 atom stereocenters. The van der Waals surface area contributed by atoms with E-state index in [1.165, 1.54) is 29.7 Å². The molecule has 2 N–H and O–H groups in total. The number of aryl methyl sites for hydroxylation is 1. The number of nitrogens with two attached hydrogens (primary N) is 1. The molecule has 0 radical (unpaired) electrons. The summed E-state index contributed by atoms with van der Waals surface area (Å²) in [5, 5.41) is 0. The second kappa shape index (κ2) is 3.62. The molecular weight excluding hydrogens is 172 g/mol. The minimum absolute atomic E-state index is 0.902. The molecule has 2 nitrogen and oxygen atoms in total. The van der Waals surface area contributed by atoms with E-state index in [-0.39, 0.29) is 0 Å². The van der Waals surface area contributed by atoms with Gasteiger partial charge in [-0.25, -0.2) is 0 Å². The highest BCUT2D eigenvalue weighted by Gasteiger charge is 2.16. The molecule has 0 aliphatic carbocycles. The predicted octanol–water partition coefficient (Wildman–Crippen LogP) is 1.96. The summed E-state index contributed by atoms with van der Waals surface area (Å²) in [6.07, 6.45) is 1.18. The van der Waals surface area contributed by atoms with Gasteiger partial charge in [-0.3, -0.25) is 4.90 Å². The second-order valence-electron chi connectivity index (χ2n) is 4.09. The van der Waals surface area contributed by atoms with Crippen molar-refractivity contribution in [3.63, 3.8) is 0 Å². The van der Waals surface area contributed by atoms with Gasteiger partial charge in [0, 0.05) is 18.8 Å². The number of benzene rings is 1. The quantitative estimate of drug-likeness (QED) is 0.686. The van der Waals surface area contributed by atoms with Gasteiger partial charge in [-0.05, 0) is 48.7 Å². The molecule has 1 heterocycles. The third-order valence-electron chi connectivity index (χ3n) is 3.11. The van der Waals surface area contributed by atoms with Crippen molar-refractivity contribution >= 4 is 5.69 Å². The summed E-state index contributed by atoms with van der Waals surface area (Å²) in [6.45, 7) is 7.76. The van der Waals surface area contributed by atoms with Crippen molar-refractivity contribution in [3.8, 4) is 0 Å². The molecule has 2 heteroatoms. The van der Waals surface area contributed by atoms with Crippen molar-refractivity contribution in [3.05, 3.63) is 28.8 Å². The molecule has 0 aromatic heterocycles. The van der Waals surface area contributed by atoms with E-state index in [0.29, 0.717) is 0 Å². The standard InChI is InChI=1S/C12H18N2/c1-3-14-5-4-12-9(2)6-11(13)7-10(12)8-14/h6-7H,3-5,8,13H2,1-2H3. The molecule has 0 saturated heterocycles. The molecule has 1 aliphatic heterocycles. The van der Waals surface area contributed by atoms with Gasteiger partial charge in [0.15, 0.2) is 0 Å². The SMILES string of the molecule is CCN1CCc2c(C)cc(N)cc2C1. The van der Waals surface area contributed by atoms with Gasteiger partial charge in [0.1, 0.15) is 0 Å². The highest BCUT2D eigenvalue weighted by Crippen LogP contribution is 2.24. The maximum atomic E-state index is 5.85. The van der Waals surface area contributed by atoms with Crippen LogP contribution in [0.25, 0.3) is 0 Å². The molecule has 0 fully saturated rings. The minimum Gasteiger partial charge on any atom is -0.399 e. The van der Waals surface area contributed by atoms with Crippen LogP contribution < -0.4 is 5.73 Å². The van der Waals surface area contributed by atoms with E-state index < -0.39 is 0 Å². The van der Waals surface area contributed by atoms with Gasteiger partial charge in [0.2, 0.25) is 0 Å². The fraction of sp³-hybridized carbons (Fsp3) is 0.500. The average molecular weight is 190 g/mol. The molecule has 0 spiro atoms. The number of nitrogens with zero attached hydrogens (tertiary/aromatic N) is 1. The zero-order valence-electron chi connectivity index (χ0n) is 9.01. The van der Waals surface area contributed by atoms with Crippen molar-refractivity contribution in [1.82, 2.24) is 4.90 Å². The topological polar surface area (TPSA) is 29.3 Å². The smallest absolute Gasteiger partial charge is 0.0320 e. The molecule has 0 bridgehead atoms. The van der Waals surface area contributed by atoms with Crippen molar-refractivity contribution in [2.45, 2.75) is 26.8 Å². The number of hydrogen-bond acceptors (Lipinski definition) is 2. The van der Waals surface area contributed by atoms with Gasteiger partial charge < -0.3 is 5.73 Å². The lowest BCUT2D eigenvalue weighted by Crippen LogP contribution is -2.30. The zero-order chi connectivity index (χ0) is 10.1. The van der Waals surface area contributed by atoms with Gasteiger partial charge in [0.25, 0.3) is 0 Å². The summed E-state index contributed by atoms with van der Waals surface area (Å²) in [5.41, 5.74) is 11.1. The first-order valence-corrected chi connectivity index (χ1v) is 5.31. The van der Waals surface area contributed by atoms with Crippen molar-refractivity contribution in [2.24, 2.45) is 0 Å². The third-order valence-corrected chi connectivity index (χ3v) is 3.11. The monoisotopic (exact) mass is 190 g/mol. The maximum Gasteiger partial charge on any atom is 0.0320 e. The minimum atomic E-state index is 0.902. The second-order valence-corrected chi connectivity index (χ2v) is 4.09. The molecule has 0 amide bonds. The van der Waals surface area contributed by atoms with Crippen LogP contribution in [-0.2, 0) is 13.0 Å². The summed E-state index contributed by atoms with van der Waals surface area (Å²) in [5.74, 6) is 0. The van der Waals surface area contributed by atoms with Crippen LogP contribution in [0.2, 0.25) is 0 Å². The molecule has 2 rings (SSSR count). The largest absolute Gasteiger partial charge is 0.399 e. The van der Waals surface area contributed by atoms with Crippen LogP contribution in [0.15, 0.2) is 12.1 Å². The van der Waals surface area contributed by atoms with Crippen molar-refractivity contribution in [2.75, 3.05) is 18.8 Å². The van der Waals surface area contributed by atoms with E-state index in [2.05, 4.69) is 30.9 Å². The Morgan fingerprint density at radius 1 is 1.43 bits per heavy atom. The van der Waals surface area contributed by atoms with E-state index in [1.807, 2.05) is 0 Å². The molecule has 1 aromatic rings. The van der Waals surface area contributed by atoms with E-state index in [0.717, 1.165) is 18.8 Å². The van der Waals surface area contributed by atoms with Crippen LogP contribution >= 0.6 is 0 Å². The van der Waals surface area contributed by atoms with Crippen LogP contribution in [0.1, 0.15) is 23.6 Å². The van der Waals surface area contributed by atoms with Crippen molar-refractivity contribution < 1.29 is 0 Å². The molecular formula is C12H18N2. The maximum absolute atomic E-state index is 5.85. The number of likely N-dealkylation sites (N-methyl/N-ethyl adjacent to an activating group) is 1. The summed E-state index contributed by atoms with van der Waals surface area (Å²) in [4.78, 5) is 2.46. The van der Waals surface area contributed by atoms with Gasteiger partial charge in [-0.15, -0.1) is 0 Å². The average Bonchev–Trinajstić information content (AvgIpc) is 2.16. The van der Waals surface area contributed by atoms with E-state index in [9.17, 15) is 0 Å². The number of hydrogen-bond donors (Lipinski definition) is 1. The Morgan fingerprint density at radius 3 is 2.93 bits per heavy atom. The highest BCUT2D eigenvalue weighted by atomic mass is 15.1. The van der Waals surface area contributed by atoms with E-state index >= 15 is 0 Å². The predicted molar refractivity (Wildman–Crippen MR) is 60.2 cm³/mol. The van der Waals surface area contributed by atoms with Crippen LogP contribution in [0.4, 0.5) is 5.69 Å². The van der Waals surface area contributed by atoms with Gasteiger partial charge in [0.05, 0.1) is 0 Å². The number of fused-ring (bicyclic) bond motifs is 1. The first kappa shape index (κ1) is 9.53. The van der Waals surface area contributed by atoms with Crippen LogP contribution in [0.3, 0.4) is 0 Å². The number of rotatable bonds is 1. The molecule has 0 saturated carbocycles. The molecule has 1 aromatic carbocycles. The van der Waals surface area contributed by atoms with E-state index in [1.54, 1.807) is 0 Å². The molecule has 14 heavy (non-hydrogen) atoms. The summed E-state index contributed by atoms with van der Waals surface area (Å²) >= 11 is 0. The number of nitrogen functional groups attached to an aromatic ring is 1. The summed E-state index contributed by atoms with van der Waals surface area (Å²) in [7, 11) is 0. The Hall–Kier alpha value is -1.02. The number of anilines is 1. The highest BCUT2D eigenvalue weighted by molar-refractivity contribution is 5.50. The molecule has 1 aliphatic rings. The van der Waals surface area contributed by atoms with Crippen LogP contribution in [0, 0.1) is 6.92 Å². The van der Waals surface area contributed by atoms with Crippen molar-refractivity contribution in [1.29, 1.82) is 0 Å². The zero-order valence-corrected chi connectivity index (χ0v) is 9.01. The Morgan fingerprint density at radius 2 is 2.21 bits per heavy atom. The Balaban J connectivity index is 2.37. The fourth-order valence-electron chi connectivity index (χ4n) is 2.28. The lowest BCUT2D eigenvalue weighted by atomic mass is 9.94. The third kappa shape index (κ3) is 1.62. The van der Waals surface area contributed by atoms with Gasteiger partial charge >= 0.3 is 0 Å². The first-order chi connectivity index (χ1) is 6.70. The Bertz CT molecular complexity index is 344. The summed E-state index contributed by atoms with van der Waals surface area (Å²) in [6, 6.07) is 4.21. The Labute approximate surface area is 85.7 Å². The lowest BCUT2D eigenvalue weighted by Gasteiger charge is -2.28. The fourth-order valence-corrected chi connectivity index (χ4v) is 2.28. The van der Waals surface area contributed by atoms with Gasteiger partial charge in [-0.2, -0.15) is 0 Å². The molecule has 0 unspecified atom stereocenters.